The summed E-state index contributed by atoms with van der Waals surface area (Å²) in [6.07, 6.45) is 0. The molecule has 0 fully saturated rings. The lowest BCUT2D eigenvalue weighted by Gasteiger charge is -2.10. The second kappa shape index (κ2) is 5.51. The van der Waals surface area contributed by atoms with Gasteiger partial charge in [-0.2, -0.15) is 5.26 Å². The van der Waals surface area contributed by atoms with Crippen LogP contribution >= 0.6 is 15.9 Å². The van der Waals surface area contributed by atoms with Crippen molar-refractivity contribution >= 4 is 27.3 Å². The van der Waals surface area contributed by atoms with Gasteiger partial charge in [-0.15, -0.1) is 0 Å². The third-order valence-corrected chi connectivity index (χ3v) is 3.24. The molecule has 0 atom stereocenters. The van der Waals surface area contributed by atoms with Gasteiger partial charge < -0.3 is 5.32 Å². The Bertz CT molecular complexity index is 702. The first-order valence-electron chi connectivity index (χ1n) is 5.23. The van der Waals surface area contributed by atoms with Crippen LogP contribution in [-0.4, -0.2) is 0 Å². The Kier molecular flexibility index (Phi) is 3.95. The number of nitrogens with zero attached hydrogens (tertiary/aromatic N) is 1. The minimum absolute atomic E-state index is 0.0736. The number of hydrogen-bond acceptors (Lipinski definition) is 2. The molecule has 102 valence electrons. The number of nitrogens with one attached hydrogen (secondary N) is 1. The van der Waals surface area contributed by atoms with Crippen LogP contribution in [0.5, 0.6) is 0 Å². The number of anilines is 2. The maximum absolute atomic E-state index is 13.9. The van der Waals surface area contributed by atoms with Crippen molar-refractivity contribution in [2.75, 3.05) is 5.32 Å². The molecule has 1 N–H and O–H groups in total. The lowest BCUT2D eigenvalue weighted by atomic mass is 10.2. The van der Waals surface area contributed by atoms with Crippen molar-refractivity contribution in [1.29, 1.82) is 5.26 Å². The number of nitriles is 1. The number of benzene rings is 2. The molecule has 0 aliphatic carbocycles. The fraction of sp³-hybridized carbons (Fsp3) is 0. The minimum atomic E-state index is -1.60. The molecule has 0 bridgehead atoms. The molecule has 7 heteroatoms. The van der Waals surface area contributed by atoms with Gasteiger partial charge in [-0.05, 0) is 28.1 Å². The van der Waals surface area contributed by atoms with Gasteiger partial charge in [-0.1, -0.05) is 0 Å². The molecule has 2 aromatic rings. The summed E-state index contributed by atoms with van der Waals surface area (Å²) < 4.78 is 52.7. The van der Waals surface area contributed by atoms with E-state index in [1.807, 2.05) is 0 Å². The van der Waals surface area contributed by atoms with Crippen LogP contribution in [0.25, 0.3) is 0 Å². The van der Waals surface area contributed by atoms with Crippen molar-refractivity contribution in [1.82, 2.24) is 0 Å². The van der Waals surface area contributed by atoms with E-state index in [-0.39, 0.29) is 21.4 Å². The highest BCUT2D eigenvalue weighted by Crippen LogP contribution is 2.29. The monoisotopic (exact) mass is 344 g/mol. The molecule has 0 spiro atoms. The minimum Gasteiger partial charge on any atom is -0.353 e. The Labute approximate surface area is 119 Å². The Morgan fingerprint density at radius 3 is 2.15 bits per heavy atom. The second-order valence-electron chi connectivity index (χ2n) is 3.78. The summed E-state index contributed by atoms with van der Waals surface area (Å²) in [5.74, 6) is -5.17. The van der Waals surface area contributed by atoms with Crippen molar-refractivity contribution < 1.29 is 17.6 Å². The fourth-order valence-electron chi connectivity index (χ4n) is 1.52. The van der Waals surface area contributed by atoms with Gasteiger partial charge in [0.25, 0.3) is 0 Å². The fourth-order valence-corrected chi connectivity index (χ4v) is 1.95. The molecule has 0 aliphatic heterocycles. The zero-order valence-electron chi connectivity index (χ0n) is 9.65. The number of hydrogen-bond donors (Lipinski definition) is 1. The van der Waals surface area contributed by atoms with Crippen molar-refractivity contribution in [3.63, 3.8) is 0 Å². The predicted molar refractivity (Wildman–Crippen MR) is 68.4 cm³/mol. The summed E-state index contributed by atoms with van der Waals surface area (Å²) in [6, 6.07) is 5.72. The van der Waals surface area contributed by atoms with Crippen LogP contribution in [0.1, 0.15) is 5.56 Å². The van der Waals surface area contributed by atoms with Crippen LogP contribution < -0.4 is 5.32 Å². The molecule has 0 heterocycles. The van der Waals surface area contributed by atoms with Gasteiger partial charge in [0.1, 0.15) is 6.07 Å². The largest absolute Gasteiger partial charge is 0.353 e. The highest BCUT2D eigenvalue weighted by Gasteiger charge is 2.14. The van der Waals surface area contributed by atoms with Gasteiger partial charge in [0.05, 0.1) is 15.7 Å². The Morgan fingerprint density at radius 2 is 1.60 bits per heavy atom. The maximum atomic E-state index is 13.9. The highest BCUT2D eigenvalue weighted by molar-refractivity contribution is 9.10. The quantitative estimate of drug-likeness (QED) is 0.637. The van der Waals surface area contributed by atoms with Crippen molar-refractivity contribution in [2.45, 2.75) is 0 Å². The molecule has 0 amide bonds. The van der Waals surface area contributed by atoms with E-state index in [1.165, 1.54) is 12.1 Å². The molecule has 20 heavy (non-hydrogen) atoms. The van der Waals surface area contributed by atoms with Crippen molar-refractivity contribution in [2.24, 2.45) is 0 Å². The van der Waals surface area contributed by atoms with E-state index in [1.54, 1.807) is 6.07 Å². The zero-order valence-corrected chi connectivity index (χ0v) is 11.2. The van der Waals surface area contributed by atoms with Gasteiger partial charge in [0.2, 0.25) is 0 Å². The van der Waals surface area contributed by atoms with Crippen LogP contribution in [0.3, 0.4) is 0 Å². The summed E-state index contributed by atoms with van der Waals surface area (Å²) >= 11 is 2.90. The van der Waals surface area contributed by atoms with E-state index in [2.05, 4.69) is 21.2 Å². The van der Waals surface area contributed by atoms with Gasteiger partial charge >= 0.3 is 0 Å². The lowest BCUT2D eigenvalue weighted by Crippen LogP contribution is -1.99. The van der Waals surface area contributed by atoms with E-state index in [0.29, 0.717) is 12.1 Å². The number of rotatable bonds is 2. The summed E-state index contributed by atoms with van der Waals surface area (Å²) in [7, 11) is 0. The predicted octanol–water partition coefficient (Wildman–Crippen LogP) is 4.62. The molecule has 0 aliphatic rings. The maximum Gasteiger partial charge on any atom is 0.194 e. The van der Waals surface area contributed by atoms with Gasteiger partial charge in [0.15, 0.2) is 23.3 Å². The van der Waals surface area contributed by atoms with Crippen LogP contribution in [0.15, 0.2) is 28.7 Å². The summed E-state index contributed by atoms with van der Waals surface area (Å²) in [5, 5.41) is 11.1. The molecule has 0 unspecified atom stereocenters. The number of halogens is 5. The third-order valence-electron chi connectivity index (χ3n) is 2.47. The van der Waals surface area contributed by atoms with Crippen LogP contribution in [-0.2, 0) is 0 Å². The van der Waals surface area contributed by atoms with Crippen molar-refractivity contribution in [3.05, 3.63) is 57.6 Å². The molecule has 2 rings (SSSR count). The summed E-state index contributed by atoms with van der Waals surface area (Å²) in [5.41, 5.74) is -0.192. The van der Waals surface area contributed by atoms with E-state index in [4.69, 9.17) is 5.26 Å². The summed E-state index contributed by atoms with van der Waals surface area (Å²) in [6.45, 7) is 0. The first-order chi connectivity index (χ1) is 9.43. The molecule has 2 aromatic carbocycles. The average molecular weight is 345 g/mol. The SMILES string of the molecule is N#Cc1ccc(Nc2cc(F)c(F)c(F)c2)c(F)c1Br. The molecular formula is C13H5BrF4N2. The lowest BCUT2D eigenvalue weighted by molar-refractivity contribution is 0.448. The van der Waals surface area contributed by atoms with Gasteiger partial charge in [-0.25, -0.2) is 17.6 Å². The van der Waals surface area contributed by atoms with E-state index < -0.39 is 23.3 Å². The first-order valence-corrected chi connectivity index (χ1v) is 6.03. The summed E-state index contributed by atoms with van der Waals surface area (Å²) in [4.78, 5) is 0. The molecule has 2 nitrogen and oxygen atoms in total. The molecule has 0 aromatic heterocycles. The zero-order chi connectivity index (χ0) is 14.9. The Morgan fingerprint density at radius 1 is 1.00 bits per heavy atom. The van der Waals surface area contributed by atoms with Crippen LogP contribution in [0.4, 0.5) is 28.9 Å². The van der Waals surface area contributed by atoms with E-state index in [9.17, 15) is 17.6 Å². The smallest absolute Gasteiger partial charge is 0.194 e. The van der Waals surface area contributed by atoms with Crippen LogP contribution in [0.2, 0.25) is 0 Å². The average Bonchev–Trinajstić information content (AvgIpc) is 2.41. The molecule has 0 radical (unpaired) electrons. The molecule has 0 saturated heterocycles. The Balaban J connectivity index is 2.41. The molecule has 0 saturated carbocycles. The van der Waals surface area contributed by atoms with Gasteiger partial charge in [0, 0.05) is 17.8 Å². The normalized spacial score (nSPS) is 10.2. The van der Waals surface area contributed by atoms with E-state index >= 15 is 0 Å². The third kappa shape index (κ3) is 2.60. The molecular weight excluding hydrogens is 340 g/mol. The highest BCUT2D eigenvalue weighted by atomic mass is 79.9. The standard InChI is InChI=1S/C13H5BrF4N2/c14-11-6(5-19)1-2-10(13(11)18)20-7-3-8(15)12(17)9(16)4-7/h1-4,20H. The van der Waals surface area contributed by atoms with Gasteiger partial charge in [-0.3, -0.25) is 0 Å². The van der Waals surface area contributed by atoms with E-state index in [0.717, 1.165) is 0 Å². The second-order valence-corrected chi connectivity index (χ2v) is 4.57. The van der Waals surface area contributed by atoms with Crippen LogP contribution in [0, 0.1) is 34.6 Å². The Hall–Kier alpha value is -2.07. The first kappa shape index (κ1) is 14.3. The van der Waals surface area contributed by atoms with Crippen molar-refractivity contribution in [3.8, 4) is 6.07 Å². The topological polar surface area (TPSA) is 35.8 Å².